The minimum Gasteiger partial charge on any atom is -0.460 e. The number of ether oxygens (including phenoxy) is 2. The van der Waals surface area contributed by atoms with E-state index in [0.717, 1.165) is 17.5 Å². The van der Waals surface area contributed by atoms with Crippen LogP contribution in [0.3, 0.4) is 0 Å². The van der Waals surface area contributed by atoms with Crippen molar-refractivity contribution in [3.63, 3.8) is 0 Å². The number of carbonyl (C=O) groups is 3. The summed E-state index contributed by atoms with van der Waals surface area (Å²) in [4.78, 5) is 41.9. The van der Waals surface area contributed by atoms with Gasteiger partial charge < -0.3 is 14.4 Å². The summed E-state index contributed by atoms with van der Waals surface area (Å²) >= 11 is 0. The summed E-state index contributed by atoms with van der Waals surface area (Å²) in [6.07, 6.45) is 2.50. The van der Waals surface area contributed by atoms with E-state index in [0.29, 0.717) is 25.8 Å². The lowest BCUT2D eigenvalue weighted by Crippen LogP contribution is -2.46. The molecule has 0 radical (unpaired) electrons. The van der Waals surface area contributed by atoms with Crippen LogP contribution in [0, 0.1) is 5.92 Å². The average Bonchev–Trinajstić information content (AvgIpc) is 3.32. The van der Waals surface area contributed by atoms with Gasteiger partial charge in [-0.15, -0.1) is 0 Å². The molecule has 6 nitrogen and oxygen atoms in total. The Hall–Kier alpha value is -3.15. The first-order chi connectivity index (χ1) is 16.7. The van der Waals surface area contributed by atoms with E-state index in [1.807, 2.05) is 88.4 Å². The van der Waals surface area contributed by atoms with Crippen molar-refractivity contribution in [1.82, 2.24) is 4.90 Å². The lowest BCUT2D eigenvalue weighted by Gasteiger charge is -2.33. The number of hydrogen-bond donors (Lipinski definition) is 0. The summed E-state index contributed by atoms with van der Waals surface area (Å²) in [5, 5.41) is 0. The Balaban J connectivity index is 1.85. The zero-order valence-corrected chi connectivity index (χ0v) is 21.2. The van der Waals surface area contributed by atoms with Gasteiger partial charge in [-0.2, -0.15) is 0 Å². The molecule has 1 heterocycles. The van der Waals surface area contributed by atoms with Crippen molar-refractivity contribution in [2.45, 2.75) is 77.5 Å². The fourth-order valence-corrected chi connectivity index (χ4v) is 4.60. The summed E-state index contributed by atoms with van der Waals surface area (Å²) in [6, 6.07) is 18.2. The number of benzene rings is 2. The van der Waals surface area contributed by atoms with E-state index in [1.54, 1.807) is 4.90 Å². The molecular formula is C29H37NO5. The maximum atomic E-state index is 14.0. The zero-order valence-electron chi connectivity index (χ0n) is 21.2. The summed E-state index contributed by atoms with van der Waals surface area (Å²) in [5.74, 6) is -2.39. The molecule has 3 rings (SSSR count). The molecule has 188 valence electrons. The number of esters is 2. The maximum Gasteiger partial charge on any atom is 0.329 e. The molecule has 0 N–H and O–H groups in total. The highest BCUT2D eigenvalue weighted by Gasteiger charge is 2.43. The van der Waals surface area contributed by atoms with Crippen molar-refractivity contribution in [3.05, 3.63) is 71.8 Å². The highest BCUT2D eigenvalue weighted by Crippen LogP contribution is 2.35. The SMILES string of the molecule is CCCC(C(=O)OC(C)(C)C)C(C(=O)N1CCCC1C(=O)OCc1ccccc1)c1ccccc1. The average molecular weight is 480 g/mol. The van der Waals surface area contributed by atoms with E-state index < -0.39 is 29.4 Å². The molecule has 0 aromatic heterocycles. The summed E-state index contributed by atoms with van der Waals surface area (Å²) < 4.78 is 11.3. The number of amides is 1. The second-order valence-electron chi connectivity index (χ2n) is 10.1. The largest absolute Gasteiger partial charge is 0.460 e. The smallest absolute Gasteiger partial charge is 0.329 e. The summed E-state index contributed by atoms with van der Waals surface area (Å²) in [6.45, 7) is 8.09. The summed E-state index contributed by atoms with van der Waals surface area (Å²) in [5.41, 5.74) is 0.988. The predicted octanol–water partition coefficient (Wildman–Crippen LogP) is 5.26. The first-order valence-electron chi connectivity index (χ1n) is 12.5. The third-order valence-corrected chi connectivity index (χ3v) is 6.17. The second kappa shape index (κ2) is 12.0. The number of hydrogen-bond acceptors (Lipinski definition) is 5. The molecule has 3 unspecified atom stereocenters. The van der Waals surface area contributed by atoms with Crippen molar-refractivity contribution in [3.8, 4) is 0 Å². The van der Waals surface area contributed by atoms with Crippen molar-refractivity contribution in [2.24, 2.45) is 5.92 Å². The molecule has 1 amide bonds. The van der Waals surface area contributed by atoms with Gasteiger partial charge in [-0.3, -0.25) is 9.59 Å². The Labute approximate surface area is 208 Å². The molecule has 2 aromatic rings. The molecule has 0 aliphatic carbocycles. The molecule has 1 saturated heterocycles. The van der Waals surface area contributed by atoms with Crippen LogP contribution in [0.1, 0.15) is 70.4 Å². The molecule has 2 aromatic carbocycles. The highest BCUT2D eigenvalue weighted by atomic mass is 16.6. The van der Waals surface area contributed by atoms with Crippen LogP contribution in [0.25, 0.3) is 0 Å². The van der Waals surface area contributed by atoms with E-state index >= 15 is 0 Å². The van der Waals surface area contributed by atoms with Gasteiger partial charge in [0.05, 0.1) is 11.8 Å². The normalized spacial score (nSPS) is 17.5. The Morgan fingerprint density at radius 2 is 1.63 bits per heavy atom. The molecule has 0 spiro atoms. The van der Waals surface area contributed by atoms with E-state index in [2.05, 4.69) is 0 Å². The predicted molar refractivity (Wildman–Crippen MR) is 134 cm³/mol. The summed E-state index contributed by atoms with van der Waals surface area (Å²) in [7, 11) is 0. The molecule has 6 heteroatoms. The van der Waals surface area contributed by atoms with Crippen LogP contribution in [-0.2, 0) is 30.5 Å². The zero-order chi connectivity index (χ0) is 25.4. The minimum atomic E-state index is -0.728. The fourth-order valence-electron chi connectivity index (χ4n) is 4.60. The quantitative estimate of drug-likeness (QED) is 0.459. The number of carbonyl (C=O) groups excluding carboxylic acids is 3. The lowest BCUT2D eigenvalue weighted by molar-refractivity contribution is -0.164. The van der Waals surface area contributed by atoms with E-state index in [4.69, 9.17) is 9.47 Å². The van der Waals surface area contributed by atoms with Crippen LogP contribution in [0.4, 0.5) is 0 Å². The van der Waals surface area contributed by atoms with Gasteiger partial charge in [0.25, 0.3) is 0 Å². The van der Waals surface area contributed by atoms with E-state index in [-0.39, 0.29) is 18.5 Å². The van der Waals surface area contributed by atoms with Gasteiger partial charge in [-0.1, -0.05) is 74.0 Å². The molecule has 1 fully saturated rings. The maximum absolute atomic E-state index is 14.0. The van der Waals surface area contributed by atoms with Crippen LogP contribution >= 0.6 is 0 Å². The molecule has 0 saturated carbocycles. The molecular weight excluding hydrogens is 442 g/mol. The number of nitrogens with zero attached hydrogens (tertiary/aromatic N) is 1. The fraction of sp³-hybridized carbons (Fsp3) is 0.483. The number of rotatable bonds is 9. The van der Waals surface area contributed by atoms with E-state index in [9.17, 15) is 14.4 Å². The van der Waals surface area contributed by atoms with Crippen LogP contribution in [0.2, 0.25) is 0 Å². The van der Waals surface area contributed by atoms with Crippen LogP contribution in [0.15, 0.2) is 60.7 Å². The lowest BCUT2D eigenvalue weighted by atomic mass is 9.81. The van der Waals surface area contributed by atoms with Gasteiger partial charge in [0.1, 0.15) is 18.2 Å². The van der Waals surface area contributed by atoms with Gasteiger partial charge in [0.15, 0.2) is 0 Å². The van der Waals surface area contributed by atoms with E-state index in [1.165, 1.54) is 0 Å². The van der Waals surface area contributed by atoms with Gasteiger partial charge in [-0.05, 0) is 51.2 Å². The van der Waals surface area contributed by atoms with Crippen LogP contribution in [-0.4, -0.2) is 40.9 Å². The second-order valence-corrected chi connectivity index (χ2v) is 10.1. The minimum absolute atomic E-state index is 0.163. The highest BCUT2D eigenvalue weighted by molar-refractivity contribution is 5.93. The third kappa shape index (κ3) is 7.17. The van der Waals surface area contributed by atoms with Gasteiger partial charge in [-0.25, -0.2) is 4.79 Å². The molecule has 1 aliphatic rings. The van der Waals surface area contributed by atoms with Crippen LogP contribution in [0.5, 0.6) is 0 Å². The Morgan fingerprint density at radius 3 is 2.23 bits per heavy atom. The van der Waals surface area contributed by atoms with Gasteiger partial charge in [0, 0.05) is 6.54 Å². The van der Waals surface area contributed by atoms with Crippen molar-refractivity contribution < 1.29 is 23.9 Å². The monoisotopic (exact) mass is 479 g/mol. The van der Waals surface area contributed by atoms with Gasteiger partial charge >= 0.3 is 11.9 Å². The molecule has 1 aliphatic heterocycles. The first-order valence-corrected chi connectivity index (χ1v) is 12.5. The van der Waals surface area contributed by atoms with Crippen molar-refractivity contribution >= 4 is 17.8 Å². The van der Waals surface area contributed by atoms with Gasteiger partial charge in [0.2, 0.25) is 5.91 Å². The van der Waals surface area contributed by atoms with Crippen LogP contribution < -0.4 is 0 Å². The van der Waals surface area contributed by atoms with Crippen molar-refractivity contribution in [1.29, 1.82) is 0 Å². The Kier molecular flexibility index (Phi) is 9.07. The molecule has 35 heavy (non-hydrogen) atoms. The topological polar surface area (TPSA) is 72.9 Å². The molecule has 3 atom stereocenters. The Morgan fingerprint density at radius 1 is 1.00 bits per heavy atom. The van der Waals surface area contributed by atoms with Crippen molar-refractivity contribution in [2.75, 3.05) is 6.54 Å². The number of likely N-dealkylation sites (tertiary alicyclic amines) is 1. The first kappa shape index (κ1) is 26.5. The third-order valence-electron chi connectivity index (χ3n) is 6.17. The molecule has 0 bridgehead atoms. The Bertz CT molecular complexity index is 983. The standard InChI is InChI=1S/C29H37NO5/c1-5-13-23(27(32)35-29(2,3)4)25(22-16-10-7-11-17-22)26(31)30-19-12-18-24(30)28(33)34-20-21-14-8-6-9-15-21/h6-11,14-17,23-25H,5,12-13,18-20H2,1-4H3.